The highest BCUT2D eigenvalue weighted by molar-refractivity contribution is 6.30. The lowest BCUT2D eigenvalue weighted by Crippen LogP contribution is -2.42. The predicted octanol–water partition coefficient (Wildman–Crippen LogP) is 2.96. The second-order valence-electron chi connectivity index (χ2n) is 5.22. The molecule has 5 nitrogen and oxygen atoms in total. The minimum absolute atomic E-state index is 0.107. The van der Waals surface area contributed by atoms with Crippen LogP contribution in [-0.4, -0.2) is 16.8 Å². The summed E-state index contributed by atoms with van der Waals surface area (Å²) in [5.74, 6) is -1.27. The molecule has 2 amide bonds. The Balaban J connectivity index is 1.59. The average molecular weight is 346 g/mol. The SMILES string of the molecule is O=C(Cc1ccc(Cl)cc1)NNC(=O)c1cc2cc(F)ccc2[nH]1. The largest absolute Gasteiger partial charge is 0.350 e. The molecular weight excluding hydrogens is 333 g/mol. The lowest BCUT2D eigenvalue weighted by atomic mass is 10.1. The zero-order valence-corrected chi connectivity index (χ0v) is 13.2. The summed E-state index contributed by atoms with van der Waals surface area (Å²) >= 11 is 5.78. The number of aromatic nitrogens is 1. The van der Waals surface area contributed by atoms with Crippen LogP contribution in [0.4, 0.5) is 4.39 Å². The van der Waals surface area contributed by atoms with Gasteiger partial charge >= 0.3 is 0 Å². The maximum absolute atomic E-state index is 13.2. The van der Waals surface area contributed by atoms with Gasteiger partial charge in [-0.1, -0.05) is 23.7 Å². The van der Waals surface area contributed by atoms with Crippen LogP contribution >= 0.6 is 11.6 Å². The second-order valence-corrected chi connectivity index (χ2v) is 5.66. The Morgan fingerprint density at radius 1 is 1.04 bits per heavy atom. The molecule has 2 aromatic carbocycles. The topological polar surface area (TPSA) is 74.0 Å². The highest BCUT2D eigenvalue weighted by Crippen LogP contribution is 2.16. The van der Waals surface area contributed by atoms with Gasteiger partial charge in [-0.15, -0.1) is 0 Å². The molecule has 0 saturated heterocycles. The minimum atomic E-state index is -0.518. The van der Waals surface area contributed by atoms with Crippen molar-refractivity contribution in [1.29, 1.82) is 0 Å². The van der Waals surface area contributed by atoms with Crippen LogP contribution in [0.25, 0.3) is 10.9 Å². The molecule has 0 spiro atoms. The van der Waals surface area contributed by atoms with Gasteiger partial charge in [0.05, 0.1) is 6.42 Å². The van der Waals surface area contributed by atoms with E-state index in [0.717, 1.165) is 5.56 Å². The number of fused-ring (bicyclic) bond motifs is 1. The van der Waals surface area contributed by atoms with E-state index in [4.69, 9.17) is 11.6 Å². The molecule has 122 valence electrons. The van der Waals surface area contributed by atoms with E-state index in [1.54, 1.807) is 30.3 Å². The van der Waals surface area contributed by atoms with Gasteiger partial charge in [0.2, 0.25) is 5.91 Å². The first-order chi connectivity index (χ1) is 11.5. The maximum Gasteiger partial charge on any atom is 0.286 e. The summed E-state index contributed by atoms with van der Waals surface area (Å²) in [7, 11) is 0. The van der Waals surface area contributed by atoms with Crippen molar-refractivity contribution in [1.82, 2.24) is 15.8 Å². The molecule has 0 fully saturated rings. The number of benzene rings is 2. The standard InChI is InChI=1S/C17H13ClFN3O2/c18-12-3-1-10(2-4-12)7-16(23)21-22-17(24)15-9-11-8-13(19)5-6-14(11)20-15/h1-6,8-9,20H,7H2,(H,21,23)(H,22,24). The number of nitrogens with one attached hydrogen (secondary N) is 3. The van der Waals surface area contributed by atoms with E-state index in [1.807, 2.05) is 0 Å². The number of hydrazine groups is 1. The number of hydrogen-bond acceptors (Lipinski definition) is 2. The highest BCUT2D eigenvalue weighted by atomic mass is 35.5. The monoisotopic (exact) mass is 345 g/mol. The van der Waals surface area contributed by atoms with Gasteiger partial charge in [-0.05, 0) is 42.0 Å². The quantitative estimate of drug-likeness (QED) is 0.638. The summed E-state index contributed by atoms with van der Waals surface area (Å²) in [5, 5.41) is 1.16. The van der Waals surface area contributed by atoms with Crippen LogP contribution in [0.5, 0.6) is 0 Å². The van der Waals surface area contributed by atoms with Crippen molar-refractivity contribution in [2.45, 2.75) is 6.42 Å². The van der Waals surface area contributed by atoms with Crippen molar-refractivity contribution < 1.29 is 14.0 Å². The second kappa shape index (κ2) is 6.72. The van der Waals surface area contributed by atoms with Crippen molar-refractivity contribution in [2.75, 3.05) is 0 Å². The van der Waals surface area contributed by atoms with Crippen LogP contribution in [0.15, 0.2) is 48.5 Å². The normalized spacial score (nSPS) is 10.6. The molecule has 0 aliphatic heterocycles. The van der Waals surface area contributed by atoms with E-state index < -0.39 is 5.91 Å². The van der Waals surface area contributed by atoms with Gasteiger partial charge in [0.25, 0.3) is 5.91 Å². The maximum atomic E-state index is 13.2. The van der Waals surface area contributed by atoms with Crippen molar-refractivity contribution in [2.24, 2.45) is 0 Å². The predicted molar refractivity (Wildman–Crippen MR) is 89.0 cm³/mol. The smallest absolute Gasteiger partial charge is 0.286 e. The van der Waals surface area contributed by atoms with Crippen molar-refractivity contribution in [3.8, 4) is 0 Å². The number of carbonyl (C=O) groups excluding carboxylic acids is 2. The average Bonchev–Trinajstić information content (AvgIpc) is 2.98. The molecule has 3 N–H and O–H groups in total. The molecule has 7 heteroatoms. The molecule has 3 rings (SSSR count). The van der Waals surface area contributed by atoms with Gasteiger partial charge in [-0.3, -0.25) is 20.4 Å². The van der Waals surface area contributed by atoms with Crippen LogP contribution in [0.3, 0.4) is 0 Å². The van der Waals surface area contributed by atoms with Crippen LogP contribution < -0.4 is 10.9 Å². The summed E-state index contributed by atoms with van der Waals surface area (Å²) in [4.78, 5) is 26.7. The minimum Gasteiger partial charge on any atom is -0.350 e. The van der Waals surface area contributed by atoms with Gasteiger partial charge in [0, 0.05) is 15.9 Å². The van der Waals surface area contributed by atoms with E-state index in [2.05, 4.69) is 15.8 Å². The van der Waals surface area contributed by atoms with E-state index in [-0.39, 0.29) is 23.8 Å². The van der Waals surface area contributed by atoms with E-state index in [9.17, 15) is 14.0 Å². The Labute approximate surface area is 141 Å². The zero-order chi connectivity index (χ0) is 17.1. The number of rotatable bonds is 3. The first kappa shape index (κ1) is 16.0. The molecule has 0 aliphatic rings. The van der Waals surface area contributed by atoms with Gasteiger partial charge in [-0.2, -0.15) is 0 Å². The van der Waals surface area contributed by atoms with Gasteiger partial charge in [0.15, 0.2) is 0 Å². The van der Waals surface area contributed by atoms with Gasteiger partial charge in [0.1, 0.15) is 11.5 Å². The number of carbonyl (C=O) groups is 2. The summed E-state index contributed by atoms with van der Waals surface area (Å²) < 4.78 is 13.2. The summed E-state index contributed by atoms with van der Waals surface area (Å²) in [6, 6.07) is 12.5. The molecule has 1 aromatic heterocycles. The lowest BCUT2D eigenvalue weighted by molar-refractivity contribution is -0.121. The summed E-state index contributed by atoms with van der Waals surface area (Å²) in [6.07, 6.45) is 0.107. The highest BCUT2D eigenvalue weighted by Gasteiger charge is 2.11. The van der Waals surface area contributed by atoms with Crippen LogP contribution in [0, 0.1) is 5.82 Å². The Kier molecular flexibility index (Phi) is 4.48. The van der Waals surface area contributed by atoms with Crippen LogP contribution in [0.1, 0.15) is 16.1 Å². The van der Waals surface area contributed by atoms with Crippen LogP contribution in [-0.2, 0) is 11.2 Å². The van der Waals surface area contributed by atoms with Crippen molar-refractivity contribution in [3.05, 3.63) is 70.6 Å². The molecule has 0 unspecified atom stereocenters. The molecule has 3 aromatic rings. The first-order valence-electron chi connectivity index (χ1n) is 7.13. The molecular formula is C17H13ClFN3O2. The van der Waals surface area contributed by atoms with E-state index in [0.29, 0.717) is 15.9 Å². The number of amides is 2. The molecule has 0 aliphatic carbocycles. The summed E-state index contributed by atoms with van der Waals surface area (Å²) in [6.45, 7) is 0. The van der Waals surface area contributed by atoms with Gasteiger partial charge < -0.3 is 4.98 Å². The number of H-pyrrole nitrogens is 1. The molecule has 1 heterocycles. The number of hydrogen-bond donors (Lipinski definition) is 3. The Morgan fingerprint density at radius 3 is 2.54 bits per heavy atom. The van der Waals surface area contributed by atoms with Gasteiger partial charge in [-0.25, -0.2) is 4.39 Å². The molecule has 0 saturated carbocycles. The molecule has 0 atom stereocenters. The fraction of sp³-hybridized carbons (Fsp3) is 0.0588. The third kappa shape index (κ3) is 3.72. The van der Waals surface area contributed by atoms with E-state index >= 15 is 0 Å². The number of aromatic amines is 1. The molecule has 0 bridgehead atoms. The fourth-order valence-corrected chi connectivity index (χ4v) is 2.38. The summed E-state index contributed by atoms with van der Waals surface area (Å²) in [5.41, 5.74) is 6.28. The molecule has 24 heavy (non-hydrogen) atoms. The van der Waals surface area contributed by atoms with Crippen molar-refractivity contribution in [3.63, 3.8) is 0 Å². The first-order valence-corrected chi connectivity index (χ1v) is 7.51. The number of halogens is 2. The third-order valence-electron chi connectivity index (χ3n) is 3.42. The fourth-order valence-electron chi connectivity index (χ4n) is 2.25. The van der Waals surface area contributed by atoms with Crippen LogP contribution in [0.2, 0.25) is 5.02 Å². The van der Waals surface area contributed by atoms with E-state index in [1.165, 1.54) is 18.2 Å². The third-order valence-corrected chi connectivity index (χ3v) is 3.67. The Bertz CT molecular complexity index is 906. The molecule has 0 radical (unpaired) electrons. The van der Waals surface area contributed by atoms with Crippen molar-refractivity contribution >= 4 is 34.3 Å². The Hall–Kier alpha value is -2.86. The lowest BCUT2D eigenvalue weighted by Gasteiger charge is -2.06. The Morgan fingerprint density at radius 2 is 1.79 bits per heavy atom. The zero-order valence-electron chi connectivity index (χ0n) is 12.4.